The van der Waals surface area contributed by atoms with E-state index in [4.69, 9.17) is 0 Å². The van der Waals surface area contributed by atoms with E-state index in [2.05, 4.69) is 69.3 Å². The third kappa shape index (κ3) is 5.25. The molecule has 0 fully saturated rings. The Bertz CT molecular complexity index is 399. The van der Waals surface area contributed by atoms with Crippen molar-refractivity contribution in [2.75, 3.05) is 37.3 Å². The molecule has 0 radical (unpaired) electrons. The Hall–Kier alpha value is -0.880. The lowest BCUT2D eigenvalue weighted by Gasteiger charge is -2.23. The van der Waals surface area contributed by atoms with E-state index < -0.39 is 0 Å². The van der Waals surface area contributed by atoms with Gasteiger partial charge in [-0.3, -0.25) is 0 Å². The Kier molecular flexibility index (Phi) is 7.84. The second-order valence-electron chi connectivity index (χ2n) is 4.98. The van der Waals surface area contributed by atoms with Gasteiger partial charge in [-0.05, 0) is 42.7 Å². The smallest absolute Gasteiger partial charge is 0.145 e. The molecule has 114 valence electrons. The fourth-order valence-corrected chi connectivity index (χ4v) is 2.23. The van der Waals surface area contributed by atoms with E-state index >= 15 is 0 Å². The molecular weight excluding hydrogens is 318 g/mol. The molecule has 5 nitrogen and oxygen atoms in total. The van der Waals surface area contributed by atoms with Crippen LogP contribution in [0.5, 0.6) is 0 Å². The highest BCUT2D eigenvalue weighted by molar-refractivity contribution is 9.10. The molecule has 0 aliphatic carbocycles. The lowest BCUT2D eigenvalue weighted by molar-refractivity contribution is 0.261. The number of hydrogen-bond acceptors (Lipinski definition) is 5. The monoisotopic (exact) mass is 343 g/mol. The first-order chi connectivity index (χ1) is 9.60. The van der Waals surface area contributed by atoms with Crippen LogP contribution in [0.3, 0.4) is 0 Å². The van der Waals surface area contributed by atoms with Crippen LogP contribution in [0.4, 0.5) is 11.6 Å². The number of likely N-dealkylation sites (N-methyl/N-ethyl adjacent to an activating group) is 1. The summed E-state index contributed by atoms with van der Waals surface area (Å²) in [5.74, 6) is 1.69. The molecule has 1 atom stereocenters. The van der Waals surface area contributed by atoms with Crippen molar-refractivity contribution in [1.82, 2.24) is 14.9 Å². The molecule has 0 aliphatic heterocycles. The summed E-state index contributed by atoms with van der Waals surface area (Å²) in [7, 11) is 2.15. The number of rotatable bonds is 9. The molecule has 1 unspecified atom stereocenters. The highest BCUT2D eigenvalue weighted by Gasteiger charge is 2.09. The van der Waals surface area contributed by atoms with Crippen LogP contribution in [0.2, 0.25) is 0 Å². The largest absolute Gasteiger partial charge is 0.369 e. The molecular formula is C14H26BrN5. The highest BCUT2D eigenvalue weighted by Crippen LogP contribution is 2.26. The zero-order valence-corrected chi connectivity index (χ0v) is 14.5. The number of nitrogens with one attached hydrogen (secondary N) is 2. The van der Waals surface area contributed by atoms with Crippen LogP contribution in [-0.2, 0) is 0 Å². The second-order valence-corrected chi connectivity index (χ2v) is 5.77. The van der Waals surface area contributed by atoms with Gasteiger partial charge in [-0.25, -0.2) is 9.97 Å². The Morgan fingerprint density at radius 2 is 1.80 bits per heavy atom. The topological polar surface area (TPSA) is 53.1 Å². The van der Waals surface area contributed by atoms with Crippen molar-refractivity contribution in [3.8, 4) is 0 Å². The van der Waals surface area contributed by atoms with Crippen LogP contribution in [0.15, 0.2) is 10.8 Å². The first kappa shape index (κ1) is 17.2. The molecule has 1 aromatic heterocycles. The van der Waals surface area contributed by atoms with Crippen LogP contribution in [0.1, 0.15) is 33.6 Å². The summed E-state index contributed by atoms with van der Waals surface area (Å²) >= 11 is 3.56. The number of hydrogen-bond donors (Lipinski definition) is 2. The Balaban J connectivity index is 2.51. The summed E-state index contributed by atoms with van der Waals surface area (Å²) in [5.41, 5.74) is 0. The van der Waals surface area contributed by atoms with Crippen molar-refractivity contribution in [3.63, 3.8) is 0 Å². The Morgan fingerprint density at radius 3 is 2.35 bits per heavy atom. The molecule has 6 heteroatoms. The summed E-state index contributed by atoms with van der Waals surface area (Å²) in [6.07, 6.45) is 3.82. The molecule has 0 saturated carbocycles. The van der Waals surface area contributed by atoms with Gasteiger partial charge in [-0.1, -0.05) is 13.8 Å². The van der Waals surface area contributed by atoms with Crippen molar-refractivity contribution in [3.05, 3.63) is 10.8 Å². The van der Waals surface area contributed by atoms with E-state index in [1.165, 1.54) is 6.42 Å². The summed E-state index contributed by atoms with van der Waals surface area (Å²) in [6.45, 7) is 9.35. The summed E-state index contributed by atoms with van der Waals surface area (Å²) < 4.78 is 0.902. The third-order valence-corrected chi connectivity index (χ3v) is 4.18. The van der Waals surface area contributed by atoms with Crippen molar-refractivity contribution >= 4 is 27.6 Å². The van der Waals surface area contributed by atoms with Gasteiger partial charge in [0.1, 0.15) is 22.4 Å². The SMILES string of the molecule is CCCNc1ncnc(NCCN(C)C(C)CC)c1Br. The van der Waals surface area contributed by atoms with E-state index in [9.17, 15) is 0 Å². The molecule has 0 bridgehead atoms. The first-order valence-electron chi connectivity index (χ1n) is 7.28. The van der Waals surface area contributed by atoms with Gasteiger partial charge in [0.05, 0.1) is 0 Å². The van der Waals surface area contributed by atoms with E-state index in [1.54, 1.807) is 6.33 Å². The summed E-state index contributed by atoms with van der Waals surface area (Å²) in [4.78, 5) is 10.9. The van der Waals surface area contributed by atoms with Gasteiger partial charge >= 0.3 is 0 Å². The molecule has 0 saturated heterocycles. The first-order valence-corrected chi connectivity index (χ1v) is 8.07. The quantitative estimate of drug-likeness (QED) is 0.721. The molecule has 0 aliphatic rings. The second kappa shape index (κ2) is 9.13. The number of nitrogens with zero attached hydrogens (tertiary/aromatic N) is 3. The predicted molar refractivity (Wildman–Crippen MR) is 89.4 cm³/mol. The van der Waals surface area contributed by atoms with Crippen LogP contribution < -0.4 is 10.6 Å². The van der Waals surface area contributed by atoms with Gasteiger partial charge in [-0.2, -0.15) is 0 Å². The molecule has 2 N–H and O–H groups in total. The van der Waals surface area contributed by atoms with E-state index in [1.807, 2.05) is 0 Å². The van der Waals surface area contributed by atoms with Gasteiger partial charge in [0.25, 0.3) is 0 Å². The average Bonchev–Trinajstić information content (AvgIpc) is 2.46. The maximum atomic E-state index is 4.28. The third-order valence-electron chi connectivity index (χ3n) is 3.43. The minimum Gasteiger partial charge on any atom is -0.369 e. The maximum absolute atomic E-state index is 4.28. The Labute approximate surface area is 130 Å². The van der Waals surface area contributed by atoms with Crippen molar-refractivity contribution in [2.24, 2.45) is 0 Å². The lowest BCUT2D eigenvalue weighted by atomic mass is 10.2. The predicted octanol–water partition coefficient (Wildman–Crippen LogP) is 3.20. The van der Waals surface area contributed by atoms with Crippen molar-refractivity contribution in [1.29, 1.82) is 0 Å². The van der Waals surface area contributed by atoms with Crippen LogP contribution in [-0.4, -0.2) is 47.6 Å². The summed E-state index contributed by atoms with van der Waals surface area (Å²) in [5, 5.41) is 6.64. The molecule has 0 spiro atoms. The normalized spacial score (nSPS) is 12.5. The van der Waals surface area contributed by atoms with E-state index in [0.29, 0.717) is 6.04 Å². The fourth-order valence-electron chi connectivity index (χ4n) is 1.74. The van der Waals surface area contributed by atoms with Crippen LogP contribution in [0.25, 0.3) is 0 Å². The molecule has 20 heavy (non-hydrogen) atoms. The standard InChI is InChI=1S/C14H26BrN5/c1-5-7-16-13-12(15)14(19-10-18-13)17-8-9-20(4)11(3)6-2/h10-11H,5-9H2,1-4H3,(H2,16,17,18,19). The average molecular weight is 344 g/mol. The minimum atomic E-state index is 0.604. The van der Waals surface area contributed by atoms with E-state index in [0.717, 1.165) is 42.2 Å². The number of anilines is 2. The minimum absolute atomic E-state index is 0.604. The van der Waals surface area contributed by atoms with Crippen LogP contribution >= 0.6 is 15.9 Å². The van der Waals surface area contributed by atoms with Gasteiger partial charge in [0.2, 0.25) is 0 Å². The molecule has 1 heterocycles. The molecule has 0 aromatic carbocycles. The van der Waals surface area contributed by atoms with Crippen molar-refractivity contribution in [2.45, 2.75) is 39.7 Å². The molecule has 1 rings (SSSR count). The van der Waals surface area contributed by atoms with Gasteiger partial charge in [0, 0.05) is 25.7 Å². The van der Waals surface area contributed by atoms with Crippen molar-refractivity contribution < 1.29 is 0 Å². The zero-order chi connectivity index (χ0) is 15.0. The van der Waals surface area contributed by atoms with Gasteiger partial charge < -0.3 is 15.5 Å². The highest BCUT2D eigenvalue weighted by atomic mass is 79.9. The number of halogens is 1. The van der Waals surface area contributed by atoms with Gasteiger partial charge in [0.15, 0.2) is 0 Å². The van der Waals surface area contributed by atoms with Gasteiger partial charge in [-0.15, -0.1) is 0 Å². The molecule has 1 aromatic rings. The van der Waals surface area contributed by atoms with E-state index in [-0.39, 0.29) is 0 Å². The Morgan fingerprint density at radius 1 is 1.20 bits per heavy atom. The maximum Gasteiger partial charge on any atom is 0.145 e. The lowest BCUT2D eigenvalue weighted by Crippen LogP contribution is -2.32. The van der Waals surface area contributed by atoms with Crippen LogP contribution in [0, 0.1) is 0 Å². The molecule has 0 amide bonds. The summed E-state index contributed by atoms with van der Waals surface area (Å²) in [6, 6.07) is 0.604. The fraction of sp³-hybridized carbons (Fsp3) is 0.714. The number of aromatic nitrogens is 2. The zero-order valence-electron chi connectivity index (χ0n) is 12.9.